The highest BCUT2D eigenvalue weighted by Crippen LogP contribution is 2.10. The fraction of sp³-hybridized carbons (Fsp3) is 0.417. The van der Waals surface area contributed by atoms with Crippen molar-refractivity contribution in [1.29, 1.82) is 0 Å². The summed E-state index contributed by atoms with van der Waals surface area (Å²) in [6, 6.07) is 1.96. The molecule has 0 unspecified atom stereocenters. The molecule has 2 aromatic heterocycles. The third-order valence-corrected chi connectivity index (χ3v) is 2.53. The Hall–Kier alpha value is -1.91. The molecular weight excluding hydrogens is 216 g/mol. The number of aromatic nitrogens is 3. The zero-order valence-corrected chi connectivity index (χ0v) is 10.3. The van der Waals surface area contributed by atoms with E-state index in [0.717, 1.165) is 35.2 Å². The second kappa shape index (κ2) is 4.95. The Morgan fingerprint density at radius 1 is 1.29 bits per heavy atom. The molecule has 0 fully saturated rings. The average molecular weight is 232 g/mol. The lowest BCUT2D eigenvalue weighted by Crippen LogP contribution is -2.05. The van der Waals surface area contributed by atoms with Gasteiger partial charge in [0.1, 0.15) is 23.1 Å². The van der Waals surface area contributed by atoms with Gasteiger partial charge in [0.05, 0.1) is 6.54 Å². The Bertz CT molecular complexity index is 507. The second-order valence-electron chi connectivity index (χ2n) is 3.85. The van der Waals surface area contributed by atoms with Crippen molar-refractivity contribution in [2.24, 2.45) is 0 Å². The molecule has 2 heterocycles. The number of nitrogens with zero attached hydrogens (tertiary/aromatic N) is 3. The minimum atomic E-state index is 0.613. The van der Waals surface area contributed by atoms with Gasteiger partial charge in [0.15, 0.2) is 6.39 Å². The van der Waals surface area contributed by atoms with Crippen molar-refractivity contribution in [1.82, 2.24) is 15.0 Å². The van der Waals surface area contributed by atoms with E-state index in [9.17, 15) is 0 Å². The predicted molar refractivity (Wildman–Crippen MR) is 64.7 cm³/mol. The van der Waals surface area contributed by atoms with E-state index in [2.05, 4.69) is 27.2 Å². The molecule has 0 aliphatic carbocycles. The first kappa shape index (κ1) is 11.6. The van der Waals surface area contributed by atoms with Crippen LogP contribution in [0.2, 0.25) is 0 Å². The maximum atomic E-state index is 5.14. The summed E-state index contributed by atoms with van der Waals surface area (Å²) in [5, 5.41) is 3.23. The molecule has 0 bridgehead atoms. The molecule has 5 heteroatoms. The van der Waals surface area contributed by atoms with Gasteiger partial charge in [-0.05, 0) is 20.3 Å². The minimum Gasteiger partial charge on any atom is -0.448 e. The summed E-state index contributed by atoms with van der Waals surface area (Å²) in [4.78, 5) is 12.8. The Morgan fingerprint density at radius 2 is 2.12 bits per heavy atom. The molecular formula is C12H16N4O. The van der Waals surface area contributed by atoms with Gasteiger partial charge < -0.3 is 9.73 Å². The van der Waals surface area contributed by atoms with Crippen molar-refractivity contribution in [2.75, 3.05) is 5.32 Å². The average Bonchev–Trinajstić information content (AvgIpc) is 2.71. The second-order valence-corrected chi connectivity index (χ2v) is 3.85. The fourth-order valence-corrected chi connectivity index (χ4v) is 1.57. The Morgan fingerprint density at radius 3 is 2.76 bits per heavy atom. The molecule has 1 N–H and O–H groups in total. The van der Waals surface area contributed by atoms with Gasteiger partial charge in [-0.3, -0.25) is 0 Å². The highest BCUT2D eigenvalue weighted by Gasteiger charge is 2.04. The minimum absolute atomic E-state index is 0.613. The SMILES string of the molecule is CCc1cc(NCc2ncoc2C)nc(C)n1. The van der Waals surface area contributed by atoms with Gasteiger partial charge in [-0.2, -0.15) is 0 Å². The van der Waals surface area contributed by atoms with E-state index in [0.29, 0.717) is 6.54 Å². The highest BCUT2D eigenvalue weighted by molar-refractivity contribution is 5.36. The largest absolute Gasteiger partial charge is 0.448 e. The van der Waals surface area contributed by atoms with Crippen LogP contribution in [0.3, 0.4) is 0 Å². The standard InChI is InChI=1S/C12H16N4O/c1-4-10-5-12(16-9(3)15-10)13-6-11-8(2)17-7-14-11/h5,7H,4,6H2,1-3H3,(H,13,15,16). The first-order chi connectivity index (χ1) is 8.19. The van der Waals surface area contributed by atoms with Crippen LogP contribution in [0.1, 0.15) is 29.9 Å². The lowest BCUT2D eigenvalue weighted by molar-refractivity contribution is 0.524. The molecule has 0 spiro atoms. The summed E-state index contributed by atoms with van der Waals surface area (Å²) in [6.45, 7) is 6.48. The van der Waals surface area contributed by atoms with E-state index in [1.807, 2.05) is 19.9 Å². The van der Waals surface area contributed by atoms with Crippen LogP contribution >= 0.6 is 0 Å². The van der Waals surface area contributed by atoms with E-state index in [1.54, 1.807) is 0 Å². The first-order valence-electron chi connectivity index (χ1n) is 5.66. The third-order valence-electron chi connectivity index (χ3n) is 2.53. The van der Waals surface area contributed by atoms with E-state index in [-0.39, 0.29) is 0 Å². The van der Waals surface area contributed by atoms with Gasteiger partial charge in [0.2, 0.25) is 0 Å². The normalized spacial score (nSPS) is 10.5. The predicted octanol–water partition coefficient (Wildman–Crippen LogP) is 2.26. The first-order valence-corrected chi connectivity index (χ1v) is 5.66. The molecule has 0 saturated heterocycles. The summed E-state index contributed by atoms with van der Waals surface area (Å²) in [7, 11) is 0. The Labute approximate surface area is 100 Å². The van der Waals surface area contributed by atoms with Crippen molar-refractivity contribution >= 4 is 5.82 Å². The van der Waals surface area contributed by atoms with Crippen LogP contribution in [0.4, 0.5) is 5.82 Å². The molecule has 0 amide bonds. The van der Waals surface area contributed by atoms with Crippen LogP contribution in [0.15, 0.2) is 16.9 Å². The zero-order valence-electron chi connectivity index (χ0n) is 10.3. The van der Waals surface area contributed by atoms with Crippen LogP contribution < -0.4 is 5.32 Å². The zero-order chi connectivity index (χ0) is 12.3. The van der Waals surface area contributed by atoms with E-state index in [1.165, 1.54) is 6.39 Å². The summed E-state index contributed by atoms with van der Waals surface area (Å²) >= 11 is 0. The molecule has 17 heavy (non-hydrogen) atoms. The summed E-state index contributed by atoms with van der Waals surface area (Å²) < 4.78 is 5.14. The molecule has 0 aliphatic rings. The fourth-order valence-electron chi connectivity index (χ4n) is 1.57. The van der Waals surface area contributed by atoms with E-state index >= 15 is 0 Å². The number of oxazole rings is 1. The van der Waals surface area contributed by atoms with Gasteiger partial charge in [0, 0.05) is 11.8 Å². The van der Waals surface area contributed by atoms with Gasteiger partial charge in [-0.25, -0.2) is 15.0 Å². The molecule has 0 atom stereocenters. The van der Waals surface area contributed by atoms with Crippen molar-refractivity contribution < 1.29 is 4.42 Å². The number of hydrogen-bond donors (Lipinski definition) is 1. The van der Waals surface area contributed by atoms with Crippen molar-refractivity contribution in [3.8, 4) is 0 Å². The molecule has 0 aromatic carbocycles. The Kier molecular flexibility index (Phi) is 3.37. The molecule has 2 aromatic rings. The smallest absolute Gasteiger partial charge is 0.181 e. The monoisotopic (exact) mass is 232 g/mol. The highest BCUT2D eigenvalue weighted by atomic mass is 16.3. The maximum absolute atomic E-state index is 5.14. The van der Waals surface area contributed by atoms with Gasteiger partial charge in [-0.15, -0.1) is 0 Å². The van der Waals surface area contributed by atoms with Gasteiger partial charge >= 0.3 is 0 Å². The molecule has 0 saturated carbocycles. The van der Waals surface area contributed by atoms with E-state index in [4.69, 9.17) is 4.42 Å². The van der Waals surface area contributed by atoms with Crippen LogP contribution in [-0.4, -0.2) is 15.0 Å². The lowest BCUT2D eigenvalue weighted by atomic mass is 10.3. The summed E-state index contributed by atoms with van der Waals surface area (Å²) in [5.41, 5.74) is 1.94. The van der Waals surface area contributed by atoms with Crippen molar-refractivity contribution in [3.63, 3.8) is 0 Å². The molecule has 5 nitrogen and oxygen atoms in total. The third kappa shape index (κ3) is 2.81. The van der Waals surface area contributed by atoms with Crippen LogP contribution in [0, 0.1) is 13.8 Å². The lowest BCUT2D eigenvalue weighted by Gasteiger charge is -2.06. The topological polar surface area (TPSA) is 63.8 Å². The molecule has 90 valence electrons. The number of rotatable bonds is 4. The van der Waals surface area contributed by atoms with Gasteiger partial charge in [0.25, 0.3) is 0 Å². The molecule has 2 rings (SSSR count). The maximum Gasteiger partial charge on any atom is 0.181 e. The van der Waals surface area contributed by atoms with Crippen molar-refractivity contribution in [2.45, 2.75) is 33.7 Å². The van der Waals surface area contributed by atoms with E-state index < -0.39 is 0 Å². The number of aryl methyl sites for hydroxylation is 3. The quantitative estimate of drug-likeness (QED) is 0.876. The van der Waals surface area contributed by atoms with Crippen molar-refractivity contribution in [3.05, 3.63) is 35.4 Å². The van der Waals surface area contributed by atoms with Crippen LogP contribution in [0.25, 0.3) is 0 Å². The number of nitrogens with one attached hydrogen (secondary N) is 1. The Balaban J connectivity index is 2.09. The van der Waals surface area contributed by atoms with Crippen LogP contribution in [-0.2, 0) is 13.0 Å². The number of anilines is 1. The van der Waals surface area contributed by atoms with Crippen LogP contribution in [0.5, 0.6) is 0 Å². The molecule has 0 radical (unpaired) electrons. The molecule has 0 aliphatic heterocycles. The summed E-state index contributed by atoms with van der Waals surface area (Å²) in [5.74, 6) is 2.44. The summed E-state index contributed by atoms with van der Waals surface area (Å²) in [6.07, 6.45) is 2.36. The van der Waals surface area contributed by atoms with Gasteiger partial charge in [-0.1, -0.05) is 6.92 Å². The number of hydrogen-bond acceptors (Lipinski definition) is 5.